The molecule has 2 N–H and O–H groups in total. The molecule has 1 aromatic heterocycles. The van der Waals surface area contributed by atoms with Crippen LogP contribution in [0.15, 0.2) is 11.9 Å². The quantitative estimate of drug-likeness (QED) is 0.626. The molecule has 0 radical (unpaired) electrons. The molecule has 0 unspecified atom stereocenters. The van der Waals surface area contributed by atoms with Crippen molar-refractivity contribution in [3.8, 4) is 0 Å². The van der Waals surface area contributed by atoms with Crippen molar-refractivity contribution in [2.45, 2.75) is 13.8 Å². The fraction of sp³-hybridized carbons (Fsp3) is 0.417. The van der Waals surface area contributed by atoms with Crippen LogP contribution in [-0.2, 0) is 9.53 Å². The van der Waals surface area contributed by atoms with E-state index in [1.54, 1.807) is 13.1 Å². The zero-order chi connectivity index (χ0) is 13.7. The molecule has 1 heterocycles. The molecule has 1 aromatic rings. The van der Waals surface area contributed by atoms with E-state index < -0.39 is 5.97 Å². The number of hydrogen-bond acceptors (Lipinski definition) is 6. The second kappa shape index (κ2) is 6.00. The summed E-state index contributed by atoms with van der Waals surface area (Å²) in [4.78, 5) is 21.8. The Balaban J connectivity index is 3.10. The van der Waals surface area contributed by atoms with Crippen LogP contribution in [0.5, 0.6) is 0 Å². The van der Waals surface area contributed by atoms with Gasteiger partial charge in [-0.1, -0.05) is 0 Å². The van der Waals surface area contributed by atoms with Gasteiger partial charge >= 0.3 is 5.97 Å². The normalized spacial score (nSPS) is 11.2. The Morgan fingerprint density at radius 2 is 2.22 bits per heavy atom. The van der Waals surface area contributed by atoms with E-state index in [0.717, 1.165) is 5.69 Å². The number of aryl methyl sites for hydroxylation is 1. The topological polar surface area (TPSA) is 81.3 Å². The van der Waals surface area contributed by atoms with Crippen LogP contribution in [0.25, 0.3) is 6.08 Å². The van der Waals surface area contributed by atoms with Gasteiger partial charge in [-0.15, -0.1) is 0 Å². The number of aromatic nitrogens is 2. The Labute approximate surface area is 106 Å². The first-order valence-corrected chi connectivity index (χ1v) is 5.61. The van der Waals surface area contributed by atoms with E-state index in [2.05, 4.69) is 9.97 Å². The van der Waals surface area contributed by atoms with Crippen LogP contribution < -0.4 is 10.6 Å². The number of hydrogen-bond donors (Lipinski definition) is 1. The molecule has 0 spiro atoms. The summed E-state index contributed by atoms with van der Waals surface area (Å²) in [6.07, 6.45) is 3.09. The van der Waals surface area contributed by atoms with Gasteiger partial charge in [0.15, 0.2) is 5.82 Å². The number of rotatable bonds is 4. The smallest absolute Gasteiger partial charge is 0.354 e. The standard InChI is InChI=1S/C12H18N4O2/c1-5-18-12(17)9(13)6-10-11(16(3)4)15-8(2)7-14-10/h6-7H,5,13H2,1-4H3. The number of carbonyl (C=O) groups excluding carboxylic acids is 1. The largest absolute Gasteiger partial charge is 0.461 e. The summed E-state index contributed by atoms with van der Waals surface area (Å²) in [5.41, 5.74) is 6.99. The molecule has 0 aliphatic heterocycles. The first-order valence-electron chi connectivity index (χ1n) is 5.61. The van der Waals surface area contributed by atoms with Crippen molar-refractivity contribution in [3.63, 3.8) is 0 Å². The highest BCUT2D eigenvalue weighted by molar-refractivity contribution is 5.93. The van der Waals surface area contributed by atoms with Crippen LogP contribution in [0.3, 0.4) is 0 Å². The molecule has 6 heteroatoms. The number of anilines is 1. The van der Waals surface area contributed by atoms with Gasteiger partial charge in [0.2, 0.25) is 0 Å². The lowest BCUT2D eigenvalue weighted by molar-refractivity contribution is -0.138. The van der Waals surface area contributed by atoms with Gasteiger partial charge in [0.1, 0.15) is 11.4 Å². The van der Waals surface area contributed by atoms with Gasteiger partial charge in [-0.2, -0.15) is 0 Å². The highest BCUT2D eigenvalue weighted by Gasteiger charge is 2.11. The molecule has 0 bridgehead atoms. The Morgan fingerprint density at radius 1 is 1.56 bits per heavy atom. The second-order valence-corrected chi connectivity index (χ2v) is 3.93. The summed E-state index contributed by atoms with van der Waals surface area (Å²) in [5.74, 6) is 0.104. The van der Waals surface area contributed by atoms with Crippen LogP contribution in [0, 0.1) is 6.92 Å². The lowest BCUT2D eigenvalue weighted by atomic mass is 10.3. The van der Waals surface area contributed by atoms with Crippen LogP contribution in [0.4, 0.5) is 5.82 Å². The van der Waals surface area contributed by atoms with E-state index in [1.807, 2.05) is 25.9 Å². The lowest BCUT2D eigenvalue weighted by Crippen LogP contribution is -2.17. The molecule has 0 saturated heterocycles. The molecule has 0 aromatic carbocycles. The Hall–Kier alpha value is -2.11. The lowest BCUT2D eigenvalue weighted by Gasteiger charge is -2.14. The molecule has 18 heavy (non-hydrogen) atoms. The van der Waals surface area contributed by atoms with Crippen LogP contribution in [0.1, 0.15) is 18.3 Å². The van der Waals surface area contributed by atoms with Crippen molar-refractivity contribution >= 4 is 17.9 Å². The van der Waals surface area contributed by atoms with Crippen LogP contribution >= 0.6 is 0 Å². The van der Waals surface area contributed by atoms with Gasteiger partial charge in [-0.25, -0.2) is 9.78 Å². The molecule has 0 fully saturated rings. The number of nitrogens with zero attached hydrogens (tertiary/aromatic N) is 3. The first kappa shape index (κ1) is 14.0. The number of esters is 1. The van der Waals surface area contributed by atoms with E-state index in [4.69, 9.17) is 10.5 Å². The molecule has 0 amide bonds. The van der Waals surface area contributed by atoms with E-state index in [1.165, 1.54) is 6.08 Å². The fourth-order valence-electron chi connectivity index (χ4n) is 1.33. The molecule has 0 saturated carbocycles. The Morgan fingerprint density at radius 3 is 2.78 bits per heavy atom. The van der Waals surface area contributed by atoms with E-state index in [0.29, 0.717) is 11.5 Å². The van der Waals surface area contributed by atoms with Gasteiger partial charge in [0.05, 0.1) is 12.3 Å². The van der Waals surface area contributed by atoms with E-state index in [-0.39, 0.29) is 12.3 Å². The van der Waals surface area contributed by atoms with Crippen molar-refractivity contribution in [3.05, 3.63) is 23.3 Å². The van der Waals surface area contributed by atoms with Crippen molar-refractivity contribution in [1.82, 2.24) is 9.97 Å². The molecule has 1 rings (SSSR count). The second-order valence-electron chi connectivity index (χ2n) is 3.93. The first-order chi connectivity index (χ1) is 8.45. The predicted octanol–water partition coefficient (Wildman–Crippen LogP) is 0.714. The molecule has 0 aliphatic rings. The molecule has 6 nitrogen and oxygen atoms in total. The number of nitrogens with two attached hydrogens (primary N) is 1. The molecule has 0 aliphatic carbocycles. The fourth-order valence-corrected chi connectivity index (χ4v) is 1.33. The Kier molecular flexibility index (Phi) is 4.65. The van der Waals surface area contributed by atoms with Gasteiger partial charge in [0, 0.05) is 20.3 Å². The average Bonchev–Trinajstić information content (AvgIpc) is 2.31. The van der Waals surface area contributed by atoms with E-state index in [9.17, 15) is 4.79 Å². The molecule has 0 atom stereocenters. The third-order valence-corrected chi connectivity index (χ3v) is 2.13. The summed E-state index contributed by atoms with van der Waals surface area (Å²) in [6.45, 7) is 3.86. The van der Waals surface area contributed by atoms with Crippen LogP contribution in [0.2, 0.25) is 0 Å². The molecular weight excluding hydrogens is 232 g/mol. The third-order valence-electron chi connectivity index (χ3n) is 2.13. The monoisotopic (exact) mass is 250 g/mol. The third kappa shape index (κ3) is 3.44. The number of carbonyl (C=O) groups is 1. The summed E-state index contributed by atoms with van der Waals surface area (Å²) in [7, 11) is 3.70. The molecule has 98 valence electrons. The van der Waals surface area contributed by atoms with Crippen LogP contribution in [-0.4, -0.2) is 36.6 Å². The minimum absolute atomic E-state index is 0.0121. The zero-order valence-corrected chi connectivity index (χ0v) is 11.1. The molecular formula is C12H18N4O2. The number of ether oxygens (including phenoxy) is 1. The predicted molar refractivity (Wildman–Crippen MR) is 69.9 cm³/mol. The maximum absolute atomic E-state index is 11.4. The zero-order valence-electron chi connectivity index (χ0n) is 11.1. The maximum atomic E-state index is 11.4. The minimum Gasteiger partial charge on any atom is -0.461 e. The highest BCUT2D eigenvalue weighted by atomic mass is 16.5. The van der Waals surface area contributed by atoms with Crippen molar-refractivity contribution in [2.75, 3.05) is 25.6 Å². The highest BCUT2D eigenvalue weighted by Crippen LogP contribution is 2.16. The minimum atomic E-state index is -0.551. The summed E-state index contributed by atoms with van der Waals surface area (Å²) in [5, 5.41) is 0. The summed E-state index contributed by atoms with van der Waals surface area (Å²) < 4.78 is 4.81. The van der Waals surface area contributed by atoms with Crippen molar-refractivity contribution < 1.29 is 9.53 Å². The maximum Gasteiger partial charge on any atom is 0.354 e. The Bertz CT molecular complexity index is 469. The van der Waals surface area contributed by atoms with Gasteiger partial charge in [-0.05, 0) is 19.9 Å². The summed E-state index contributed by atoms with van der Waals surface area (Å²) >= 11 is 0. The summed E-state index contributed by atoms with van der Waals surface area (Å²) in [6, 6.07) is 0. The average molecular weight is 250 g/mol. The van der Waals surface area contributed by atoms with Gasteiger partial charge < -0.3 is 15.4 Å². The van der Waals surface area contributed by atoms with Gasteiger partial charge in [-0.3, -0.25) is 4.98 Å². The van der Waals surface area contributed by atoms with Gasteiger partial charge in [0.25, 0.3) is 0 Å². The van der Waals surface area contributed by atoms with Crippen molar-refractivity contribution in [2.24, 2.45) is 5.73 Å². The van der Waals surface area contributed by atoms with Crippen molar-refractivity contribution in [1.29, 1.82) is 0 Å². The van der Waals surface area contributed by atoms with E-state index >= 15 is 0 Å². The SMILES string of the molecule is CCOC(=O)C(N)=Cc1ncc(C)nc1N(C)C.